The second-order valence-corrected chi connectivity index (χ2v) is 12.7. The summed E-state index contributed by atoms with van der Waals surface area (Å²) in [6, 6.07) is 3.90. The Morgan fingerprint density at radius 1 is 1.29 bits per heavy atom. The van der Waals surface area contributed by atoms with Crippen molar-refractivity contribution in [3.63, 3.8) is 0 Å². The Bertz CT molecular complexity index is 1330. The molecule has 9 nitrogen and oxygen atoms in total. The lowest BCUT2D eigenvalue weighted by molar-refractivity contribution is 0.0442. The highest BCUT2D eigenvalue weighted by Gasteiger charge is 2.37. The molecule has 1 amide bonds. The summed E-state index contributed by atoms with van der Waals surface area (Å²) in [5, 5.41) is 19.9. The van der Waals surface area contributed by atoms with Crippen LogP contribution in [0, 0.1) is 12.3 Å². The minimum absolute atomic E-state index is 0.0513. The molecule has 0 radical (unpaired) electrons. The van der Waals surface area contributed by atoms with Crippen LogP contribution in [0.25, 0.3) is 10.9 Å². The van der Waals surface area contributed by atoms with E-state index in [1.165, 1.54) is 11.8 Å². The summed E-state index contributed by atoms with van der Waals surface area (Å²) in [5.74, 6) is 0.704. The lowest BCUT2D eigenvalue weighted by Gasteiger charge is -2.44. The number of benzene rings is 1. The fourth-order valence-corrected chi connectivity index (χ4v) is 5.84. The Kier molecular flexibility index (Phi) is 8.16. The summed E-state index contributed by atoms with van der Waals surface area (Å²) >= 11 is 8.09. The molecule has 2 N–H and O–H groups in total. The zero-order chi connectivity index (χ0) is 27.8. The fourth-order valence-electron chi connectivity index (χ4n) is 4.64. The smallest absolute Gasteiger partial charge is 0.407 e. The Hall–Kier alpha value is -2.56. The third-order valence-corrected chi connectivity index (χ3v) is 8.75. The standard InChI is InChI=1S/C27H37ClN6O3S/c1-16-24(38-20-9-8-18-14-33(7)32-22(18)21(20)28)31-19(15-35)23(29-16)34-12-10-27(6,11-13-34)17(2)30-25(36)37-26(3,4)5/h8-9,14,17,35H,10-13,15H2,1-7H3,(H,30,36). The first kappa shape index (κ1) is 28.4. The molecule has 206 valence electrons. The molecule has 3 aromatic rings. The average Bonchev–Trinajstić information content (AvgIpc) is 3.22. The van der Waals surface area contributed by atoms with Crippen LogP contribution in [-0.4, -0.2) is 55.7 Å². The molecule has 38 heavy (non-hydrogen) atoms. The van der Waals surface area contributed by atoms with Crippen LogP contribution in [0.1, 0.15) is 58.8 Å². The van der Waals surface area contributed by atoms with Gasteiger partial charge in [0, 0.05) is 42.7 Å². The van der Waals surface area contributed by atoms with Crippen molar-refractivity contribution in [1.82, 2.24) is 25.1 Å². The number of nitrogens with zero attached hydrogens (tertiary/aromatic N) is 5. The van der Waals surface area contributed by atoms with Crippen molar-refractivity contribution in [2.45, 2.75) is 82.6 Å². The van der Waals surface area contributed by atoms with Gasteiger partial charge in [0.1, 0.15) is 21.8 Å². The number of nitrogens with one attached hydrogen (secondary N) is 1. The van der Waals surface area contributed by atoms with Gasteiger partial charge in [0.25, 0.3) is 0 Å². The fraction of sp³-hybridized carbons (Fsp3) is 0.556. The van der Waals surface area contributed by atoms with E-state index < -0.39 is 11.7 Å². The molecule has 1 fully saturated rings. The predicted molar refractivity (Wildman–Crippen MR) is 151 cm³/mol. The van der Waals surface area contributed by atoms with Crippen LogP contribution in [0.15, 0.2) is 28.3 Å². The number of amides is 1. The number of alkyl carbamates (subject to hydrolysis) is 1. The molecule has 1 atom stereocenters. The van der Waals surface area contributed by atoms with Crippen molar-refractivity contribution in [3.05, 3.63) is 34.7 Å². The molecule has 1 unspecified atom stereocenters. The van der Waals surface area contributed by atoms with Crippen LogP contribution in [0.5, 0.6) is 0 Å². The quantitative estimate of drug-likeness (QED) is 0.408. The molecule has 1 aliphatic rings. The van der Waals surface area contributed by atoms with E-state index in [4.69, 9.17) is 26.3 Å². The van der Waals surface area contributed by atoms with E-state index in [1.54, 1.807) is 4.68 Å². The Labute approximate surface area is 233 Å². The van der Waals surface area contributed by atoms with Gasteiger partial charge in [0.2, 0.25) is 0 Å². The first-order valence-electron chi connectivity index (χ1n) is 12.8. The second-order valence-electron chi connectivity index (χ2n) is 11.3. The summed E-state index contributed by atoms with van der Waals surface area (Å²) in [7, 11) is 1.87. The van der Waals surface area contributed by atoms with Gasteiger partial charge < -0.3 is 20.1 Å². The van der Waals surface area contributed by atoms with Gasteiger partial charge in [0.15, 0.2) is 5.82 Å². The summed E-state index contributed by atoms with van der Waals surface area (Å²) < 4.78 is 7.18. The second kappa shape index (κ2) is 10.9. The van der Waals surface area contributed by atoms with E-state index in [-0.39, 0.29) is 18.1 Å². The number of fused-ring (bicyclic) bond motifs is 1. The highest BCUT2D eigenvalue weighted by Crippen LogP contribution is 2.40. The Balaban J connectivity index is 1.48. The van der Waals surface area contributed by atoms with Gasteiger partial charge in [0.05, 0.1) is 17.3 Å². The molecule has 1 saturated heterocycles. The number of aromatic nitrogens is 4. The van der Waals surface area contributed by atoms with E-state index in [1.807, 2.05) is 60.0 Å². The summed E-state index contributed by atoms with van der Waals surface area (Å²) in [6.07, 6.45) is 3.24. The molecule has 3 heterocycles. The van der Waals surface area contributed by atoms with Crippen LogP contribution >= 0.6 is 23.4 Å². The Morgan fingerprint density at radius 3 is 2.61 bits per heavy atom. The van der Waals surface area contributed by atoms with Crippen molar-refractivity contribution in [2.75, 3.05) is 18.0 Å². The summed E-state index contributed by atoms with van der Waals surface area (Å²) in [6.45, 7) is 13.0. The molecule has 1 aromatic carbocycles. The van der Waals surface area contributed by atoms with E-state index in [0.717, 1.165) is 47.4 Å². The SMILES string of the molecule is Cc1nc(N2CCC(C)(C(C)NC(=O)OC(C)(C)C)CC2)c(CO)nc1Sc1ccc2cn(C)nc2c1Cl. The minimum atomic E-state index is -0.535. The Morgan fingerprint density at radius 2 is 1.97 bits per heavy atom. The van der Waals surface area contributed by atoms with Crippen molar-refractivity contribution in [1.29, 1.82) is 0 Å². The number of aliphatic hydroxyl groups is 1. The number of anilines is 1. The molecule has 0 aliphatic carbocycles. The minimum Gasteiger partial charge on any atom is -0.444 e. The molecule has 1 aliphatic heterocycles. The van der Waals surface area contributed by atoms with E-state index in [9.17, 15) is 9.90 Å². The number of carbonyl (C=O) groups is 1. The largest absolute Gasteiger partial charge is 0.444 e. The lowest BCUT2D eigenvalue weighted by Crippen LogP contribution is -2.51. The average molecular weight is 561 g/mol. The van der Waals surface area contributed by atoms with Crippen LogP contribution in [-0.2, 0) is 18.4 Å². The number of hydrogen-bond acceptors (Lipinski definition) is 8. The molecular weight excluding hydrogens is 524 g/mol. The number of halogens is 1. The van der Waals surface area contributed by atoms with Crippen LogP contribution in [0.3, 0.4) is 0 Å². The van der Waals surface area contributed by atoms with Gasteiger partial charge in [-0.3, -0.25) is 4.68 Å². The van der Waals surface area contributed by atoms with Crippen LogP contribution < -0.4 is 10.2 Å². The first-order chi connectivity index (χ1) is 17.8. The maximum absolute atomic E-state index is 12.3. The topological polar surface area (TPSA) is 105 Å². The normalized spacial score (nSPS) is 16.5. The molecule has 0 saturated carbocycles. The van der Waals surface area contributed by atoms with Crippen molar-refractivity contribution < 1.29 is 14.6 Å². The monoisotopic (exact) mass is 560 g/mol. The van der Waals surface area contributed by atoms with Gasteiger partial charge in [-0.05, 0) is 65.0 Å². The molecule has 0 spiro atoms. The zero-order valence-corrected chi connectivity index (χ0v) is 24.7. The van der Waals surface area contributed by atoms with E-state index in [2.05, 4.69) is 22.2 Å². The third kappa shape index (κ3) is 6.18. The molecule has 4 rings (SSSR count). The third-order valence-electron chi connectivity index (χ3n) is 7.11. The van der Waals surface area contributed by atoms with Crippen molar-refractivity contribution in [3.8, 4) is 0 Å². The van der Waals surface area contributed by atoms with Crippen molar-refractivity contribution >= 4 is 46.2 Å². The highest BCUT2D eigenvalue weighted by molar-refractivity contribution is 7.99. The van der Waals surface area contributed by atoms with E-state index >= 15 is 0 Å². The lowest BCUT2D eigenvalue weighted by atomic mass is 9.74. The number of ether oxygens (including phenoxy) is 1. The van der Waals surface area contributed by atoms with Gasteiger partial charge in [-0.2, -0.15) is 5.10 Å². The van der Waals surface area contributed by atoms with Crippen LogP contribution in [0.4, 0.5) is 10.6 Å². The van der Waals surface area contributed by atoms with Gasteiger partial charge in [-0.1, -0.05) is 30.3 Å². The molecule has 2 aromatic heterocycles. The van der Waals surface area contributed by atoms with Crippen LogP contribution in [0.2, 0.25) is 5.02 Å². The van der Waals surface area contributed by atoms with Gasteiger partial charge in [-0.15, -0.1) is 0 Å². The van der Waals surface area contributed by atoms with Gasteiger partial charge in [-0.25, -0.2) is 14.8 Å². The number of carbonyl (C=O) groups excluding carboxylic acids is 1. The summed E-state index contributed by atoms with van der Waals surface area (Å²) in [4.78, 5) is 25.0. The first-order valence-corrected chi connectivity index (χ1v) is 14.0. The molecule has 11 heteroatoms. The highest BCUT2D eigenvalue weighted by atomic mass is 35.5. The number of hydrogen-bond donors (Lipinski definition) is 2. The van der Waals surface area contributed by atoms with Crippen molar-refractivity contribution in [2.24, 2.45) is 12.5 Å². The number of piperidine rings is 1. The maximum atomic E-state index is 12.3. The predicted octanol–water partition coefficient (Wildman–Crippen LogP) is 5.49. The molecule has 0 bridgehead atoms. The number of aliphatic hydroxyl groups excluding tert-OH is 1. The maximum Gasteiger partial charge on any atom is 0.407 e. The number of aryl methyl sites for hydroxylation is 2. The zero-order valence-electron chi connectivity index (χ0n) is 23.1. The summed E-state index contributed by atoms with van der Waals surface area (Å²) in [5.41, 5.74) is 1.43. The van der Waals surface area contributed by atoms with E-state index in [0.29, 0.717) is 21.6 Å². The molecular formula is C27H37ClN6O3S. The number of rotatable bonds is 6. The van der Waals surface area contributed by atoms with Gasteiger partial charge >= 0.3 is 6.09 Å².